The van der Waals surface area contributed by atoms with E-state index in [4.69, 9.17) is 5.11 Å². The Morgan fingerprint density at radius 3 is 2.60 bits per heavy atom. The van der Waals surface area contributed by atoms with Crippen LogP contribution in [0.3, 0.4) is 0 Å². The highest BCUT2D eigenvalue weighted by atomic mass is 32.1. The Bertz CT molecular complexity index is 306. The molecule has 0 radical (unpaired) electrons. The van der Waals surface area contributed by atoms with Crippen molar-refractivity contribution in [3.63, 3.8) is 0 Å². The molecule has 0 spiro atoms. The van der Waals surface area contributed by atoms with Crippen LogP contribution in [0.15, 0.2) is 0 Å². The maximum atomic E-state index is 11.9. The number of aliphatic hydroxyl groups is 1. The molecule has 4 nitrogen and oxygen atoms in total. The van der Waals surface area contributed by atoms with Crippen molar-refractivity contribution in [2.45, 2.75) is 32.3 Å². The number of aromatic nitrogens is 2. The molecule has 0 saturated carbocycles. The van der Waals surface area contributed by atoms with Crippen LogP contribution in [-0.2, 0) is 0 Å². The molecule has 0 aromatic carbocycles. The van der Waals surface area contributed by atoms with Gasteiger partial charge < -0.3 is 10.4 Å². The Balaban J connectivity index is 2.44. The van der Waals surface area contributed by atoms with E-state index in [2.05, 4.69) is 14.7 Å². The van der Waals surface area contributed by atoms with Crippen LogP contribution >= 0.6 is 11.5 Å². The predicted octanol–water partition coefficient (Wildman–Crippen LogP) is 1.70. The van der Waals surface area contributed by atoms with Gasteiger partial charge in [-0.1, -0.05) is 13.8 Å². The van der Waals surface area contributed by atoms with Crippen molar-refractivity contribution < 1.29 is 13.9 Å². The lowest BCUT2D eigenvalue weighted by Gasteiger charge is -2.08. The topological polar surface area (TPSA) is 58.0 Å². The number of nitrogens with zero attached hydrogens (tertiary/aromatic N) is 2. The van der Waals surface area contributed by atoms with E-state index >= 15 is 0 Å². The first-order valence-corrected chi connectivity index (χ1v) is 5.31. The fourth-order valence-corrected chi connectivity index (χ4v) is 1.54. The minimum absolute atomic E-state index is 0.205. The Morgan fingerprint density at radius 2 is 2.13 bits per heavy atom. The number of halogens is 2. The zero-order valence-electron chi connectivity index (χ0n) is 8.44. The van der Waals surface area contributed by atoms with Gasteiger partial charge in [0.2, 0.25) is 5.13 Å². The summed E-state index contributed by atoms with van der Waals surface area (Å²) in [5.74, 6) is 0.880. The minimum Gasteiger partial charge on any atom is -0.385 e. The van der Waals surface area contributed by atoms with Crippen LogP contribution in [0.1, 0.15) is 25.6 Å². The van der Waals surface area contributed by atoms with Crippen molar-refractivity contribution >= 4 is 16.7 Å². The molecule has 0 bridgehead atoms. The first kappa shape index (κ1) is 12.3. The van der Waals surface area contributed by atoms with Gasteiger partial charge in [0.25, 0.3) is 6.43 Å². The van der Waals surface area contributed by atoms with Gasteiger partial charge in [0.1, 0.15) is 11.9 Å². The van der Waals surface area contributed by atoms with Gasteiger partial charge in [-0.25, -0.2) is 13.8 Å². The zero-order valence-corrected chi connectivity index (χ0v) is 9.26. The molecule has 15 heavy (non-hydrogen) atoms. The average Bonchev–Trinajstić information content (AvgIpc) is 2.62. The minimum atomic E-state index is -2.74. The van der Waals surface area contributed by atoms with Crippen molar-refractivity contribution in [2.24, 2.45) is 0 Å². The standard InChI is InChI=1S/C8H13F2N3OS/c1-4(2)7-12-8(15-13-7)11-3-5(14)6(9)10/h4-6,14H,3H2,1-2H3,(H,11,12,13). The van der Waals surface area contributed by atoms with E-state index in [1.54, 1.807) is 0 Å². The molecule has 1 heterocycles. The highest BCUT2D eigenvalue weighted by Crippen LogP contribution is 2.17. The Hall–Kier alpha value is -0.820. The fourth-order valence-electron chi connectivity index (χ4n) is 0.822. The molecule has 0 aliphatic rings. The quantitative estimate of drug-likeness (QED) is 0.818. The van der Waals surface area contributed by atoms with E-state index in [-0.39, 0.29) is 12.5 Å². The van der Waals surface area contributed by atoms with E-state index in [0.717, 1.165) is 11.5 Å². The molecule has 0 aliphatic carbocycles. The zero-order chi connectivity index (χ0) is 11.4. The van der Waals surface area contributed by atoms with Crippen LogP contribution in [0, 0.1) is 0 Å². The Kier molecular flexibility index (Phi) is 4.34. The molecule has 1 rings (SSSR count). The van der Waals surface area contributed by atoms with Gasteiger partial charge in [-0.05, 0) is 0 Å². The van der Waals surface area contributed by atoms with Crippen molar-refractivity contribution in [1.29, 1.82) is 0 Å². The monoisotopic (exact) mass is 237 g/mol. The summed E-state index contributed by atoms with van der Waals surface area (Å²) in [6, 6.07) is 0. The molecule has 0 fully saturated rings. The first-order valence-electron chi connectivity index (χ1n) is 4.54. The third-order valence-electron chi connectivity index (χ3n) is 1.71. The van der Waals surface area contributed by atoms with Crippen LogP contribution in [-0.4, -0.2) is 33.5 Å². The summed E-state index contributed by atoms with van der Waals surface area (Å²) in [5.41, 5.74) is 0. The maximum Gasteiger partial charge on any atom is 0.265 e. The number of hydrogen-bond acceptors (Lipinski definition) is 5. The molecule has 1 atom stereocenters. The van der Waals surface area contributed by atoms with Gasteiger partial charge in [-0.2, -0.15) is 4.37 Å². The van der Waals surface area contributed by atoms with E-state index in [1.807, 2.05) is 13.8 Å². The Morgan fingerprint density at radius 1 is 1.47 bits per heavy atom. The maximum absolute atomic E-state index is 11.9. The molecule has 0 aliphatic heterocycles. The van der Waals surface area contributed by atoms with Gasteiger partial charge in [0.05, 0.1) is 0 Å². The van der Waals surface area contributed by atoms with Gasteiger partial charge in [-0.3, -0.25) is 0 Å². The fraction of sp³-hybridized carbons (Fsp3) is 0.750. The van der Waals surface area contributed by atoms with Crippen LogP contribution in [0.25, 0.3) is 0 Å². The smallest absolute Gasteiger partial charge is 0.265 e. The van der Waals surface area contributed by atoms with Crippen molar-refractivity contribution in [1.82, 2.24) is 9.36 Å². The van der Waals surface area contributed by atoms with Crippen LogP contribution in [0.4, 0.5) is 13.9 Å². The molecule has 86 valence electrons. The molecule has 1 aromatic heterocycles. The molecular weight excluding hydrogens is 224 g/mol. The summed E-state index contributed by atoms with van der Waals surface area (Å²) in [6.07, 6.45) is -4.41. The number of nitrogens with one attached hydrogen (secondary N) is 1. The van der Waals surface area contributed by atoms with E-state index in [9.17, 15) is 8.78 Å². The molecule has 1 unspecified atom stereocenters. The van der Waals surface area contributed by atoms with Gasteiger partial charge in [-0.15, -0.1) is 0 Å². The third-order valence-corrected chi connectivity index (χ3v) is 2.40. The second-order valence-corrected chi connectivity index (χ2v) is 4.15. The van der Waals surface area contributed by atoms with Crippen LogP contribution < -0.4 is 5.32 Å². The van der Waals surface area contributed by atoms with E-state index in [0.29, 0.717) is 11.0 Å². The number of alkyl halides is 2. The molecular formula is C8H13F2N3OS. The summed E-state index contributed by atoms with van der Waals surface area (Å²) >= 11 is 1.10. The van der Waals surface area contributed by atoms with Crippen molar-refractivity contribution in [3.8, 4) is 0 Å². The average molecular weight is 237 g/mol. The molecule has 1 aromatic rings. The summed E-state index contributed by atoms with van der Waals surface area (Å²) < 4.78 is 27.9. The second-order valence-electron chi connectivity index (χ2n) is 3.40. The number of anilines is 1. The first-order chi connectivity index (χ1) is 7.00. The van der Waals surface area contributed by atoms with E-state index < -0.39 is 12.5 Å². The SMILES string of the molecule is CC(C)c1nsc(NCC(O)C(F)F)n1. The van der Waals surface area contributed by atoms with E-state index in [1.165, 1.54) is 0 Å². The van der Waals surface area contributed by atoms with Crippen molar-refractivity contribution in [2.75, 3.05) is 11.9 Å². The van der Waals surface area contributed by atoms with Crippen LogP contribution in [0.5, 0.6) is 0 Å². The number of aliphatic hydroxyl groups excluding tert-OH is 1. The lowest BCUT2D eigenvalue weighted by atomic mass is 10.2. The highest BCUT2D eigenvalue weighted by Gasteiger charge is 2.17. The number of hydrogen-bond donors (Lipinski definition) is 2. The van der Waals surface area contributed by atoms with Gasteiger partial charge in [0.15, 0.2) is 0 Å². The third kappa shape index (κ3) is 3.67. The second kappa shape index (κ2) is 5.32. The highest BCUT2D eigenvalue weighted by molar-refractivity contribution is 7.09. The van der Waals surface area contributed by atoms with Gasteiger partial charge in [0, 0.05) is 24.0 Å². The molecule has 2 N–H and O–H groups in total. The van der Waals surface area contributed by atoms with Crippen molar-refractivity contribution in [3.05, 3.63) is 5.82 Å². The Labute approximate surface area is 90.5 Å². The lowest BCUT2D eigenvalue weighted by Crippen LogP contribution is -2.26. The lowest BCUT2D eigenvalue weighted by molar-refractivity contribution is 0.00384. The van der Waals surface area contributed by atoms with Crippen LogP contribution in [0.2, 0.25) is 0 Å². The largest absolute Gasteiger partial charge is 0.385 e. The normalized spacial score (nSPS) is 13.5. The number of rotatable bonds is 5. The molecule has 0 amide bonds. The summed E-state index contributed by atoms with van der Waals surface area (Å²) in [6.45, 7) is 3.67. The summed E-state index contributed by atoms with van der Waals surface area (Å²) in [7, 11) is 0. The van der Waals surface area contributed by atoms with Gasteiger partial charge >= 0.3 is 0 Å². The summed E-state index contributed by atoms with van der Waals surface area (Å²) in [5, 5.41) is 11.9. The molecule has 0 saturated heterocycles. The summed E-state index contributed by atoms with van der Waals surface area (Å²) in [4.78, 5) is 4.08. The predicted molar refractivity (Wildman–Crippen MR) is 54.5 cm³/mol. The molecule has 7 heteroatoms.